The highest BCUT2D eigenvalue weighted by molar-refractivity contribution is 7.09. The Balaban J connectivity index is 2.68. The largest absolute Gasteiger partial charge is 0.386 e. The Kier molecular flexibility index (Phi) is 5.98. The minimum absolute atomic E-state index is 0.120. The zero-order valence-electron chi connectivity index (χ0n) is 11.3. The monoisotopic (exact) mass is 267 g/mol. The number of hydrogen-bond acceptors (Lipinski definition) is 5. The van der Waals surface area contributed by atoms with E-state index >= 15 is 0 Å². The maximum absolute atomic E-state index is 10.5. The van der Waals surface area contributed by atoms with Crippen molar-refractivity contribution in [1.82, 2.24) is 9.79 Å². The predicted molar refractivity (Wildman–Crippen MR) is 75.3 cm³/mol. The lowest BCUT2D eigenvalue weighted by molar-refractivity contribution is 0.122. The number of nitrogens with zero attached hydrogens (tertiary/aromatic N) is 2. The van der Waals surface area contributed by atoms with Crippen molar-refractivity contribution in [3.8, 4) is 0 Å². The second-order valence-electron chi connectivity index (χ2n) is 4.84. The van der Waals surface area contributed by atoms with Gasteiger partial charge in [-0.15, -0.1) is 11.3 Å². The van der Waals surface area contributed by atoms with E-state index in [4.69, 9.17) is 0 Å². The molecule has 1 aromatic heterocycles. The Hall–Kier alpha value is -0.715. The molecular formula is C12H20BN2O2S. The van der Waals surface area contributed by atoms with Crippen LogP contribution in [-0.2, 0) is 4.79 Å². The van der Waals surface area contributed by atoms with Gasteiger partial charge >= 0.3 is 0 Å². The molecule has 1 aromatic rings. The molecule has 0 unspecified atom stereocenters. The van der Waals surface area contributed by atoms with Crippen LogP contribution in [0, 0.1) is 12.8 Å². The number of rotatable bonds is 7. The van der Waals surface area contributed by atoms with Crippen molar-refractivity contribution in [3.63, 3.8) is 0 Å². The summed E-state index contributed by atoms with van der Waals surface area (Å²) < 4.78 is 0. The summed E-state index contributed by atoms with van der Waals surface area (Å²) in [4.78, 5) is 16.7. The zero-order valence-corrected chi connectivity index (χ0v) is 12.1. The Morgan fingerprint density at radius 3 is 2.72 bits per heavy atom. The predicted octanol–water partition coefficient (Wildman–Crippen LogP) is 1.64. The lowest BCUT2D eigenvalue weighted by Gasteiger charge is -2.31. The van der Waals surface area contributed by atoms with Crippen molar-refractivity contribution in [2.45, 2.75) is 39.3 Å². The number of carbonyl (C=O) groups excluding carboxylic acids is 1. The van der Waals surface area contributed by atoms with E-state index in [9.17, 15) is 9.90 Å². The fourth-order valence-corrected chi connectivity index (χ4v) is 2.76. The Morgan fingerprint density at radius 1 is 1.61 bits per heavy atom. The second kappa shape index (κ2) is 7.02. The first-order valence-corrected chi connectivity index (χ1v) is 6.94. The van der Waals surface area contributed by atoms with E-state index in [-0.39, 0.29) is 6.04 Å². The summed E-state index contributed by atoms with van der Waals surface area (Å²) in [5.74, 6) is 0.349. The van der Waals surface area contributed by atoms with Gasteiger partial charge in [-0.1, -0.05) is 13.8 Å². The van der Waals surface area contributed by atoms with E-state index in [1.165, 1.54) is 18.8 Å². The molecule has 1 heterocycles. The molecule has 6 heteroatoms. The summed E-state index contributed by atoms with van der Waals surface area (Å²) in [5, 5.41) is 12.9. The molecule has 18 heavy (non-hydrogen) atoms. The van der Waals surface area contributed by atoms with Crippen molar-refractivity contribution in [1.29, 1.82) is 0 Å². The van der Waals surface area contributed by atoms with Gasteiger partial charge in [0.15, 0.2) is 0 Å². The molecule has 0 bridgehead atoms. The Labute approximate surface area is 113 Å². The van der Waals surface area contributed by atoms with Gasteiger partial charge in [-0.2, -0.15) is 0 Å². The summed E-state index contributed by atoms with van der Waals surface area (Å²) in [5.41, 5.74) is 0.933. The van der Waals surface area contributed by atoms with E-state index in [1.54, 1.807) is 0 Å². The molecule has 1 rings (SSSR count). The summed E-state index contributed by atoms with van der Waals surface area (Å²) in [6.07, 6.45) is 0.777. The number of hydrogen-bond donors (Lipinski definition) is 1. The number of aryl methyl sites for hydroxylation is 1. The standard InChI is InChI=1S/C12H20BN2O2S/c1-8(2)10(15(4)13-7-16)5-11(17)12-14-9(3)6-18-12/h6-8,10-11,17H,5H2,1-4H3/t10-,11-/m0/s1. The zero-order chi connectivity index (χ0) is 13.7. The molecule has 0 aliphatic carbocycles. The highest BCUT2D eigenvalue weighted by Gasteiger charge is 2.24. The molecule has 4 nitrogen and oxygen atoms in total. The molecule has 0 amide bonds. The number of aliphatic hydroxyl groups is 1. The molecule has 99 valence electrons. The van der Waals surface area contributed by atoms with Crippen LogP contribution in [0.25, 0.3) is 0 Å². The summed E-state index contributed by atoms with van der Waals surface area (Å²) in [6.45, 7) is 6.08. The van der Waals surface area contributed by atoms with Crippen LogP contribution in [0.1, 0.15) is 37.1 Å². The van der Waals surface area contributed by atoms with E-state index in [0.29, 0.717) is 12.3 Å². The fourth-order valence-electron chi connectivity index (χ4n) is 1.97. The van der Waals surface area contributed by atoms with Gasteiger partial charge in [-0.05, 0) is 26.3 Å². The molecule has 0 saturated carbocycles. The van der Waals surface area contributed by atoms with Gasteiger partial charge in [-0.25, -0.2) is 4.98 Å². The molecular weight excluding hydrogens is 247 g/mol. The molecule has 2 atom stereocenters. The maximum atomic E-state index is 10.5. The molecule has 0 saturated heterocycles. The second-order valence-corrected chi connectivity index (χ2v) is 5.73. The third kappa shape index (κ3) is 4.19. The van der Waals surface area contributed by atoms with Crippen molar-refractivity contribution in [2.24, 2.45) is 5.92 Å². The smallest absolute Gasteiger partial charge is 0.293 e. The van der Waals surface area contributed by atoms with Gasteiger partial charge in [0, 0.05) is 17.1 Å². The van der Waals surface area contributed by atoms with E-state index < -0.39 is 6.10 Å². The van der Waals surface area contributed by atoms with Crippen LogP contribution < -0.4 is 0 Å². The Morgan fingerprint density at radius 2 is 2.28 bits per heavy atom. The fraction of sp³-hybridized carbons (Fsp3) is 0.667. The third-order valence-electron chi connectivity index (χ3n) is 2.98. The van der Waals surface area contributed by atoms with Crippen LogP contribution in [0.5, 0.6) is 0 Å². The van der Waals surface area contributed by atoms with Crippen LogP contribution in [-0.4, -0.2) is 41.6 Å². The van der Waals surface area contributed by atoms with Crippen LogP contribution in [0.15, 0.2) is 5.38 Å². The van der Waals surface area contributed by atoms with Gasteiger partial charge in [-0.3, -0.25) is 0 Å². The quantitative estimate of drug-likeness (QED) is 0.602. The average molecular weight is 267 g/mol. The molecule has 0 fully saturated rings. The van der Waals surface area contributed by atoms with Gasteiger partial charge in [0.05, 0.1) is 6.19 Å². The number of thiazole rings is 1. The van der Waals surface area contributed by atoms with Gasteiger partial charge in [0.25, 0.3) is 7.41 Å². The average Bonchev–Trinajstić information content (AvgIpc) is 2.72. The maximum Gasteiger partial charge on any atom is 0.293 e. The summed E-state index contributed by atoms with van der Waals surface area (Å²) >= 11 is 1.48. The topological polar surface area (TPSA) is 53.4 Å². The van der Waals surface area contributed by atoms with Crippen molar-refractivity contribution < 1.29 is 9.90 Å². The lowest BCUT2D eigenvalue weighted by Crippen LogP contribution is -2.40. The molecule has 1 N–H and O–H groups in total. The summed E-state index contributed by atoms with van der Waals surface area (Å²) in [7, 11) is 3.36. The minimum Gasteiger partial charge on any atom is -0.386 e. The van der Waals surface area contributed by atoms with Gasteiger partial charge in [0.1, 0.15) is 11.1 Å². The first-order chi connectivity index (χ1) is 8.45. The van der Waals surface area contributed by atoms with Crippen molar-refractivity contribution >= 4 is 24.9 Å². The molecule has 1 radical (unpaired) electrons. The highest BCUT2D eigenvalue weighted by atomic mass is 32.1. The number of aromatic nitrogens is 1. The summed E-state index contributed by atoms with van der Waals surface area (Å²) in [6, 6.07) is 0.120. The van der Waals surface area contributed by atoms with E-state index in [1.807, 2.05) is 24.2 Å². The highest BCUT2D eigenvalue weighted by Crippen LogP contribution is 2.26. The number of aliphatic hydroxyl groups excluding tert-OH is 1. The lowest BCUT2D eigenvalue weighted by atomic mass is 9.86. The number of carbonyl (C=O) groups is 1. The SMILES string of the molecule is Cc1csc([C@@H](O)C[C@@H](C(C)C)N(C)[B]C=O)n1. The minimum atomic E-state index is -0.571. The molecule has 0 aliphatic rings. The van der Waals surface area contributed by atoms with E-state index in [0.717, 1.165) is 16.9 Å². The molecule has 0 spiro atoms. The Bertz CT molecular complexity index is 384. The molecule has 0 aromatic carbocycles. The molecule has 0 aliphatic heterocycles. The van der Waals surface area contributed by atoms with Crippen molar-refractivity contribution in [2.75, 3.05) is 7.05 Å². The van der Waals surface area contributed by atoms with Gasteiger partial charge in [0.2, 0.25) is 0 Å². The van der Waals surface area contributed by atoms with Crippen LogP contribution in [0.2, 0.25) is 0 Å². The first-order valence-electron chi connectivity index (χ1n) is 6.06. The van der Waals surface area contributed by atoms with Gasteiger partial charge < -0.3 is 14.7 Å². The third-order valence-corrected chi connectivity index (χ3v) is 4.04. The van der Waals surface area contributed by atoms with Crippen LogP contribution in [0.4, 0.5) is 0 Å². The van der Waals surface area contributed by atoms with Crippen LogP contribution in [0.3, 0.4) is 0 Å². The van der Waals surface area contributed by atoms with E-state index in [2.05, 4.69) is 18.8 Å². The first kappa shape index (κ1) is 15.3. The normalized spacial score (nSPS) is 14.8. The van der Waals surface area contributed by atoms with Crippen LogP contribution >= 0.6 is 11.3 Å². The van der Waals surface area contributed by atoms with Crippen molar-refractivity contribution in [3.05, 3.63) is 16.1 Å².